The zero-order chi connectivity index (χ0) is 19.5. The van der Waals surface area contributed by atoms with Gasteiger partial charge in [0, 0.05) is 25.5 Å². The van der Waals surface area contributed by atoms with Crippen LogP contribution < -0.4 is 5.32 Å². The van der Waals surface area contributed by atoms with Crippen molar-refractivity contribution in [2.45, 2.75) is 18.8 Å². The monoisotopic (exact) mass is 380 g/mol. The second-order valence-electron chi connectivity index (χ2n) is 7.41. The highest BCUT2D eigenvalue weighted by Gasteiger charge is 2.21. The Morgan fingerprint density at radius 1 is 1.14 bits per heavy atom. The van der Waals surface area contributed by atoms with Crippen molar-refractivity contribution >= 4 is 16.8 Å². The molecule has 1 fully saturated rings. The van der Waals surface area contributed by atoms with Crippen LogP contribution in [0.1, 0.15) is 34.8 Å². The largest absolute Gasteiger partial charge is 0.349 e. The molecule has 0 unspecified atom stereocenters. The Bertz CT molecular complexity index is 958. The van der Waals surface area contributed by atoms with Gasteiger partial charge < -0.3 is 10.2 Å². The number of carbonyl (C=O) groups excluding carboxylic acids is 1. The molecule has 2 heterocycles. The highest BCUT2D eigenvalue weighted by Crippen LogP contribution is 2.27. The van der Waals surface area contributed by atoms with Crippen molar-refractivity contribution in [3.05, 3.63) is 65.6 Å². The summed E-state index contributed by atoms with van der Waals surface area (Å²) in [5, 5.41) is 8.31. The Balaban J connectivity index is 1.27. The molecule has 5 nitrogen and oxygen atoms in total. The highest BCUT2D eigenvalue weighted by atomic mass is 19.1. The van der Waals surface area contributed by atoms with Crippen LogP contribution in [0.3, 0.4) is 0 Å². The number of amides is 1. The molecular weight excluding hydrogens is 355 g/mol. The normalized spacial score (nSPS) is 15.8. The van der Waals surface area contributed by atoms with Crippen molar-refractivity contribution in [2.24, 2.45) is 7.05 Å². The minimum Gasteiger partial charge on any atom is -0.349 e. The summed E-state index contributed by atoms with van der Waals surface area (Å²) in [6, 6.07) is 14.6. The molecule has 1 aliphatic rings. The van der Waals surface area contributed by atoms with E-state index in [-0.39, 0.29) is 11.7 Å². The first-order valence-corrected chi connectivity index (χ1v) is 9.79. The molecule has 3 aromatic rings. The van der Waals surface area contributed by atoms with Gasteiger partial charge in [0.25, 0.3) is 5.91 Å². The minimum atomic E-state index is -0.182. The van der Waals surface area contributed by atoms with Crippen LogP contribution in [0.25, 0.3) is 10.9 Å². The van der Waals surface area contributed by atoms with E-state index in [1.54, 1.807) is 23.9 Å². The number of benzene rings is 2. The Labute approximate surface area is 164 Å². The van der Waals surface area contributed by atoms with Crippen LogP contribution in [0, 0.1) is 5.82 Å². The number of piperidine rings is 1. The molecule has 1 aliphatic heterocycles. The highest BCUT2D eigenvalue weighted by molar-refractivity contribution is 6.04. The fraction of sp³-hybridized carbons (Fsp3) is 0.364. The van der Waals surface area contributed by atoms with Gasteiger partial charge in [-0.2, -0.15) is 5.10 Å². The summed E-state index contributed by atoms with van der Waals surface area (Å²) in [7, 11) is 1.80. The number of fused-ring (bicyclic) bond motifs is 1. The third-order valence-corrected chi connectivity index (χ3v) is 5.60. The van der Waals surface area contributed by atoms with Crippen molar-refractivity contribution in [1.29, 1.82) is 0 Å². The maximum atomic E-state index is 13.1. The molecular formula is C22H25FN4O. The van der Waals surface area contributed by atoms with Crippen molar-refractivity contribution in [1.82, 2.24) is 20.0 Å². The molecule has 146 valence electrons. The second kappa shape index (κ2) is 8.10. The number of aromatic nitrogens is 2. The fourth-order valence-electron chi connectivity index (χ4n) is 4.05. The van der Waals surface area contributed by atoms with Gasteiger partial charge in [-0.25, -0.2) is 4.39 Å². The number of hydrogen-bond acceptors (Lipinski definition) is 3. The Morgan fingerprint density at radius 2 is 1.86 bits per heavy atom. The quantitative estimate of drug-likeness (QED) is 0.739. The lowest BCUT2D eigenvalue weighted by atomic mass is 9.89. The average molecular weight is 380 g/mol. The first-order valence-electron chi connectivity index (χ1n) is 9.79. The number of nitrogens with one attached hydrogen (secondary N) is 1. The molecule has 28 heavy (non-hydrogen) atoms. The Hall–Kier alpha value is -2.73. The van der Waals surface area contributed by atoms with Gasteiger partial charge >= 0.3 is 0 Å². The van der Waals surface area contributed by atoms with Crippen LogP contribution in [0.2, 0.25) is 0 Å². The minimum absolute atomic E-state index is 0.0857. The summed E-state index contributed by atoms with van der Waals surface area (Å²) in [6.07, 6.45) is 2.12. The first kappa shape index (κ1) is 18.6. The smallest absolute Gasteiger partial charge is 0.270 e. The summed E-state index contributed by atoms with van der Waals surface area (Å²) < 4.78 is 14.7. The molecule has 1 saturated heterocycles. The zero-order valence-electron chi connectivity index (χ0n) is 16.1. The van der Waals surface area contributed by atoms with E-state index in [4.69, 9.17) is 0 Å². The fourth-order valence-corrected chi connectivity index (χ4v) is 4.05. The third-order valence-electron chi connectivity index (χ3n) is 5.60. The number of carbonyl (C=O) groups is 1. The lowest BCUT2D eigenvalue weighted by Gasteiger charge is -2.32. The number of rotatable bonds is 5. The van der Waals surface area contributed by atoms with E-state index < -0.39 is 0 Å². The van der Waals surface area contributed by atoms with E-state index in [1.165, 1.54) is 5.56 Å². The summed E-state index contributed by atoms with van der Waals surface area (Å²) in [6.45, 7) is 3.43. The molecule has 1 aromatic heterocycles. The SMILES string of the molecule is Cn1nc2ccccc2c1C(=O)NCCN1CCC(c2ccc(F)cc2)CC1. The zero-order valence-corrected chi connectivity index (χ0v) is 16.1. The van der Waals surface area contributed by atoms with Crippen molar-refractivity contribution in [3.63, 3.8) is 0 Å². The van der Waals surface area contributed by atoms with Crippen molar-refractivity contribution in [3.8, 4) is 0 Å². The molecule has 0 bridgehead atoms. The van der Waals surface area contributed by atoms with Gasteiger partial charge in [0.05, 0.1) is 5.52 Å². The van der Waals surface area contributed by atoms with Crippen LogP contribution in [0.15, 0.2) is 48.5 Å². The molecule has 0 atom stereocenters. The lowest BCUT2D eigenvalue weighted by Crippen LogP contribution is -2.39. The molecule has 1 amide bonds. The Morgan fingerprint density at radius 3 is 2.61 bits per heavy atom. The molecule has 0 radical (unpaired) electrons. The lowest BCUT2D eigenvalue weighted by molar-refractivity contribution is 0.0938. The van der Waals surface area contributed by atoms with E-state index in [2.05, 4.69) is 15.3 Å². The molecule has 0 spiro atoms. The molecule has 0 saturated carbocycles. The number of aryl methyl sites for hydroxylation is 1. The van der Waals surface area contributed by atoms with Gasteiger partial charge in [-0.15, -0.1) is 0 Å². The maximum absolute atomic E-state index is 13.1. The Kier molecular flexibility index (Phi) is 5.39. The van der Waals surface area contributed by atoms with E-state index in [9.17, 15) is 9.18 Å². The second-order valence-corrected chi connectivity index (χ2v) is 7.41. The predicted octanol–water partition coefficient (Wildman–Crippen LogP) is 3.32. The molecule has 0 aliphatic carbocycles. The van der Waals surface area contributed by atoms with E-state index in [0.717, 1.165) is 43.4 Å². The standard InChI is InChI=1S/C22H25FN4O/c1-26-21(19-4-2-3-5-20(19)25-26)22(28)24-12-15-27-13-10-17(11-14-27)16-6-8-18(23)9-7-16/h2-9,17H,10-15H2,1H3,(H,24,28). The van der Waals surface area contributed by atoms with Crippen LogP contribution in [-0.2, 0) is 7.05 Å². The van der Waals surface area contributed by atoms with Crippen LogP contribution in [0.5, 0.6) is 0 Å². The van der Waals surface area contributed by atoms with Crippen LogP contribution >= 0.6 is 0 Å². The number of hydrogen-bond donors (Lipinski definition) is 1. The third kappa shape index (κ3) is 3.92. The molecule has 4 rings (SSSR count). The van der Waals surface area contributed by atoms with E-state index >= 15 is 0 Å². The van der Waals surface area contributed by atoms with Gasteiger partial charge in [0.2, 0.25) is 0 Å². The topological polar surface area (TPSA) is 50.2 Å². The number of likely N-dealkylation sites (tertiary alicyclic amines) is 1. The van der Waals surface area contributed by atoms with Gasteiger partial charge in [-0.3, -0.25) is 9.48 Å². The van der Waals surface area contributed by atoms with Gasteiger partial charge in [0.1, 0.15) is 11.5 Å². The maximum Gasteiger partial charge on any atom is 0.270 e. The van der Waals surface area contributed by atoms with Gasteiger partial charge in [-0.05, 0) is 55.6 Å². The van der Waals surface area contributed by atoms with Crippen molar-refractivity contribution < 1.29 is 9.18 Å². The summed E-state index contributed by atoms with van der Waals surface area (Å²) in [4.78, 5) is 15.0. The summed E-state index contributed by atoms with van der Waals surface area (Å²) in [5.41, 5.74) is 2.65. The summed E-state index contributed by atoms with van der Waals surface area (Å²) >= 11 is 0. The van der Waals surface area contributed by atoms with Crippen LogP contribution in [0.4, 0.5) is 4.39 Å². The average Bonchev–Trinajstić information content (AvgIpc) is 3.05. The van der Waals surface area contributed by atoms with Crippen molar-refractivity contribution in [2.75, 3.05) is 26.2 Å². The predicted molar refractivity (Wildman–Crippen MR) is 108 cm³/mol. The molecule has 1 N–H and O–H groups in total. The summed E-state index contributed by atoms with van der Waals surface area (Å²) in [5.74, 6) is 0.225. The molecule has 2 aromatic carbocycles. The first-order chi connectivity index (χ1) is 13.6. The number of halogens is 1. The van der Waals surface area contributed by atoms with E-state index in [1.807, 2.05) is 36.4 Å². The van der Waals surface area contributed by atoms with Gasteiger partial charge in [0.15, 0.2) is 0 Å². The van der Waals surface area contributed by atoms with E-state index in [0.29, 0.717) is 18.2 Å². The van der Waals surface area contributed by atoms with Crippen LogP contribution in [-0.4, -0.2) is 46.8 Å². The number of nitrogens with zero attached hydrogens (tertiary/aromatic N) is 3. The molecule has 6 heteroatoms. The van der Waals surface area contributed by atoms with Gasteiger partial charge in [-0.1, -0.05) is 30.3 Å².